The Morgan fingerprint density at radius 2 is 1.63 bits per heavy atom. The van der Waals surface area contributed by atoms with E-state index >= 15 is 0 Å². The van der Waals surface area contributed by atoms with Crippen LogP contribution in [-0.2, 0) is 19.1 Å². The number of hydrogen-bond acceptors (Lipinski definition) is 4. The second kappa shape index (κ2) is 11.3. The van der Waals surface area contributed by atoms with Gasteiger partial charge in [0.1, 0.15) is 0 Å². The van der Waals surface area contributed by atoms with Crippen LogP contribution in [-0.4, -0.2) is 37.5 Å². The molecule has 0 aliphatic carbocycles. The third-order valence-corrected chi connectivity index (χ3v) is 2.33. The fourth-order valence-electron chi connectivity index (χ4n) is 1.36. The van der Waals surface area contributed by atoms with Crippen molar-refractivity contribution in [1.82, 2.24) is 10.6 Å². The molecule has 19 heavy (non-hydrogen) atoms. The maximum absolute atomic E-state index is 11.1. The normalized spacial score (nSPS) is 9.53. The molecule has 0 radical (unpaired) electrons. The van der Waals surface area contributed by atoms with Crippen LogP contribution < -0.4 is 10.6 Å². The second-order valence-electron chi connectivity index (χ2n) is 3.89. The Labute approximate surface area is 113 Å². The Morgan fingerprint density at radius 3 is 2.16 bits per heavy atom. The molecule has 0 saturated carbocycles. The van der Waals surface area contributed by atoms with Crippen LogP contribution in [0.3, 0.4) is 0 Å². The number of carbonyl (C=O) groups excluding carboxylic acids is 3. The molecule has 0 aliphatic rings. The van der Waals surface area contributed by atoms with E-state index < -0.39 is 11.9 Å². The molecule has 108 valence electrons. The van der Waals surface area contributed by atoms with Gasteiger partial charge >= 0.3 is 11.9 Å². The predicted molar refractivity (Wildman–Crippen MR) is 71.3 cm³/mol. The van der Waals surface area contributed by atoms with Crippen molar-refractivity contribution in [3.8, 4) is 0 Å². The average molecular weight is 270 g/mol. The molecule has 0 bridgehead atoms. The molecule has 0 fully saturated rings. The highest BCUT2D eigenvalue weighted by atomic mass is 16.5. The van der Waals surface area contributed by atoms with Gasteiger partial charge in [-0.25, -0.2) is 4.79 Å². The highest BCUT2D eigenvalue weighted by Gasteiger charge is 2.12. The van der Waals surface area contributed by atoms with Crippen molar-refractivity contribution in [3.63, 3.8) is 0 Å². The Hall–Kier alpha value is -1.85. The first-order valence-corrected chi connectivity index (χ1v) is 6.47. The molecule has 0 spiro atoms. The Bertz CT molecular complexity index is 316. The number of esters is 1. The number of unbranched alkanes of at least 4 members (excludes halogenated alkanes) is 3. The van der Waals surface area contributed by atoms with Gasteiger partial charge in [-0.2, -0.15) is 0 Å². The first-order chi connectivity index (χ1) is 9.11. The molecule has 6 nitrogen and oxygen atoms in total. The summed E-state index contributed by atoms with van der Waals surface area (Å²) in [5.41, 5.74) is 0. The molecule has 0 saturated heterocycles. The predicted octanol–water partition coefficient (Wildman–Crippen LogP) is 0.528. The minimum atomic E-state index is -0.838. The zero-order valence-electron chi connectivity index (χ0n) is 11.4. The van der Waals surface area contributed by atoms with Gasteiger partial charge in [-0.1, -0.05) is 19.4 Å². The number of ether oxygens (including phenoxy) is 1. The van der Waals surface area contributed by atoms with Crippen molar-refractivity contribution in [2.24, 2.45) is 0 Å². The number of hydrogen-bond donors (Lipinski definition) is 2. The van der Waals surface area contributed by atoms with Crippen LogP contribution in [0.4, 0.5) is 0 Å². The summed E-state index contributed by atoms with van der Waals surface area (Å²) in [5.74, 6) is -1.70. The Morgan fingerprint density at radius 1 is 1.05 bits per heavy atom. The molecular formula is C13H22N2O4. The molecule has 0 atom stereocenters. The number of nitrogens with one attached hydrogen (secondary N) is 2. The maximum atomic E-state index is 11.1. The third kappa shape index (κ3) is 9.82. The van der Waals surface area contributed by atoms with E-state index in [0.717, 1.165) is 25.7 Å². The molecule has 0 aromatic carbocycles. The lowest BCUT2D eigenvalue weighted by atomic mass is 10.2. The summed E-state index contributed by atoms with van der Waals surface area (Å²) in [4.78, 5) is 32.9. The lowest BCUT2D eigenvalue weighted by Gasteiger charge is -2.05. The van der Waals surface area contributed by atoms with Crippen molar-refractivity contribution < 1.29 is 19.1 Å². The van der Waals surface area contributed by atoms with Crippen molar-refractivity contribution in [3.05, 3.63) is 12.7 Å². The lowest BCUT2D eigenvalue weighted by Crippen LogP contribution is -2.33. The highest BCUT2D eigenvalue weighted by Crippen LogP contribution is 1.97. The van der Waals surface area contributed by atoms with Crippen LogP contribution in [0, 0.1) is 0 Å². The van der Waals surface area contributed by atoms with E-state index in [-0.39, 0.29) is 12.5 Å². The first kappa shape index (κ1) is 17.2. The lowest BCUT2D eigenvalue weighted by molar-refractivity contribution is -0.154. The van der Waals surface area contributed by atoms with Crippen molar-refractivity contribution in [1.29, 1.82) is 0 Å². The van der Waals surface area contributed by atoms with Crippen molar-refractivity contribution >= 4 is 17.8 Å². The molecule has 0 heterocycles. The van der Waals surface area contributed by atoms with Gasteiger partial charge in [0.25, 0.3) is 0 Å². The van der Waals surface area contributed by atoms with E-state index in [4.69, 9.17) is 0 Å². The van der Waals surface area contributed by atoms with Gasteiger partial charge in [0.05, 0.1) is 6.61 Å². The summed E-state index contributed by atoms with van der Waals surface area (Å²) in [7, 11) is 0. The largest absolute Gasteiger partial charge is 0.459 e. The van der Waals surface area contributed by atoms with Crippen LogP contribution in [0.5, 0.6) is 0 Å². The fourth-order valence-corrected chi connectivity index (χ4v) is 1.36. The SMILES string of the molecule is C=CC(=O)NCCCCCCNC(=O)C(=O)OCC. The molecule has 2 N–H and O–H groups in total. The molecule has 0 unspecified atom stereocenters. The van der Waals surface area contributed by atoms with Gasteiger partial charge in [0.15, 0.2) is 0 Å². The van der Waals surface area contributed by atoms with Crippen LogP contribution in [0.15, 0.2) is 12.7 Å². The van der Waals surface area contributed by atoms with Crippen LogP contribution in [0.25, 0.3) is 0 Å². The fraction of sp³-hybridized carbons (Fsp3) is 0.615. The Balaban J connectivity index is 3.36. The molecule has 2 amide bonds. The zero-order chi connectivity index (χ0) is 14.5. The van der Waals surface area contributed by atoms with Crippen molar-refractivity contribution in [2.75, 3.05) is 19.7 Å². The van der Waals surface area contributed by atoms with Gasteiger partial charge in [0, 0.05) is 13.1 Å². The van der Waals surface area contributed by atoms with E-state index in [1.165, 1.54) is 6.08 Å². The standard InChI is InChI=1S/C13H22N2O4/c1-3-11(16)14-9-7-5-6-8-10-15-12(17)13(18)19-4-2/h3H,1,4-10H2,2H3,(H,14,16)(H,15,17). The topological polar surface area (TPSA) is 84.5 Å². The minimum Gasteiger partial charge on any atom is -0.459 e. The molecule has 0 aromatic rings. The first-order valence-electron chi connectivity index (χ1n) is 6.47. The molecule has 0 aromatic heterocycles. The molecule has 6 heteroatoms. The smallest absolute Gasteiger partial charge is 0.396 e. The zero-order valence-corrected chi connectivity index (χ0v) is 11.4. The maximum Gasteiger partial charge on any atom is 0.396 e. The van der Waals surface area contributed by atoms with Gasteiger partial charge in [-0.3, -0.25) is 9.59 Å². The quantitative estimate of drug-likeness (QED) is 0.277. The summed E-state index contributed by atoms with van der Waals surface area (Å²) in [6, 6.07) is 0. The van der Waals surface area contributed by atoms with Crippen LogP contribution in [0.1, 0.15) is 32.6 Å². The summed E-state index contributed by atoms with van der Waals surface area (Å²) < 4.78 is 4.55. The third-order valence-electron chi connectivity index (χ3n) is 2.33. The van der Waals surface area contributed by atoms with Crippen molar-refractivity contribution in [2.45, 2.75) is 32.6 Å². The van der Waals surface area contributed by atoms with E-state index in [1.807, 2.05) is 0 Å². The van der Waals surface area contributed by atoms with Gasteiger partial charge < -0.3 is 15.4 Å². The minimum absolute atomic E-state index is 0.165. The van der Waals surface area contributed by atoms with Crippen LogP contribution in [0.2, 0.25) is 0 Å². The second-order valence-corrected chi connectivity index (χ2v) is 3.89. The number of amides is 2. The highest BCUT2D eigenvalue weighted by molar-refractivity contribution is 6.32. The number of rotatable bonds is 9. The number of carbonyl (C=O) groups is 3. The summed E-state index contributed by atoms with van der Waals surface area (Å²) in [5, 5.41) is 5.17. The van der Waals surface area contributed by atoms with Gasteiger partial charge in [0.2, 0.25) is 5.91 Å². The van der Waals surface area contributed by atoms with E-state index in [2.05, 4.69) is 21.9 Å². The molecule has 0 rings (SSSR count). The summed E-state index contributed by atoms with van der Waals surface area (Å²) in [6.45, 7) is 6.28. The van der Waals surface area contributed by atoms with Crippen LogP contribution >= 0.6 is 0 Å². The molecule has 0 aliphatic heterocycles. The Kier molecular flexibility index (Phi) is 10.2. The summed E-state index contributed by atoms with van der Waals surface area (Å²) in [6.07, 6.45) is 4.79. The van der Waals surface area contributed by atoms with E-state index in [0.29, 0.717) is 13.1 Å². The van der Waals surface area contributed by atoms with E-state index in [9.17, 15) is 14.4 Å². The summed E-state index contributed by atoms with van der Waals surface area (Å²) >= 11 is 0. The van der Waals surface area contributed by atoms with Gasteiger partial charge in [-0.05, 0) is 25.8 Å². The average Bonchev–Trinajstić information content (AvgIpc) is 2.41. The van der Waals surface area contributed by atoms with Gasteiger partial charge in [-0.15, -0.1) is 0 Å². The monoisotopic (exact) mass is 270 g/mol. The van der Waals surface area contributed by atoms with E-state index in [1.54, 1.807) is 6.92 Å². The molecular weight excluding hydrogens is 248 g/mol.